The van der Waals surface area contributed by atoms with E-state index in [1.165, 1.54) is 11.8 Å². The highest BCUT2D eigenvalue weighted by molar-refractivity contribution is 6.28. The van der Waals surface area contributed by atoms with E-state index in [1.54, 1.807) is 12.1 Å². The summed E-state index contributed by atoms with van der Waals surface area (Å²) in [5.41, 5.74) is 0.712. The van der Waals surface area contributed by atoms with Gasteiger partial charge in [-0.15, -0.1) is 11.6 Å². The second-order valence-electron chi connectivity index (χ2n) is 3.11. The third-order valence-electron chi connectivity index (χ3n) is 1.93. The molecule has 1 aromatic carbocycles. The van der Waals surface area contributed by atoms with Gasteiger partial charge in [0.2, 0.25) is 5.91 Å². The Morgan fingerprint density at radius 3 is 2.33 bits per heavy atom. The number of nitrogens with zero attached hydrogens (tertiary/aromatic N) is 1. The Hall–Kier alpha value is -1.35. The van der Waals surface area contributed by atoms with Gasteiger partial charge in [0.25, 0.3) is 0 Å². The highest BCUT2D eigenvalue weighted by atomic mass is 35.5. The Morgan fingerprint density at radius 2 is 1.87 bits per heavy atom. The summed E-state index contributed by atoms with van der Waals surface area (Å²) in [7, 11) is 0. The van der Waals surface area contributed by atoms with Crippen molar-refractivity contribution in [2.75, 3.05) is 17.3 Å². The zero-order chi connectivity index (χ0) is 11.3. The number of carbonyl (C=O) groups excluding carboxylic acids is 2. The van der Waals surface area contributed by atoms with Gasteiger partial charge in [0.05, 0.1) is 12.4 Å². The summed E-state index contributed by atoms with van der Waals surface area (Å²) in [6, 6.07) is 9.05. The number of Topliss-reactive ketones (excluding diaryl/α,β-unsaturated/α-hetero) is 1. The van der Waals surface area contributed by atoms with E-state index < -0.39 is 0 Å². The molecule has 1 aromatic rings. The quantitative estimate of drug-likeness (QED) is 0.734. The summed E-state index contributed by atoms with van der Waals surface area (Å²) >= 11 is 5.40. The third-order valence-corrected chi connectivity index (χ3v) is 2.23. The maximum absolute atomic E-state index is 11.3. The van der Waals surface area contributed by atoms with Crippen molar-refractivity contribution in [1.82, 2.24) is 0 Å². The number of rotatable bonds is 4. The van der Waals surface area contributed by atoms with E-state index in [1.807, 2.05) is 18.2 Å². The van der Waals surface area contributed by atoms with Gasteiger partial charge < -0.3 is 4.90 Å². The van der Waals surface area contributed by atoms with Crippen LogP contribution in [0.1, 0.15) is 6.92 Å². The molecule has 0 aromatic heterocycles. The molecule has 0 radical (unpaired) electrons. The minimum Gasteiger partial charge on any atom is -0.305 e. The lowest BCUT2D eigenvalue weighted by Crippen LogP contribution is -2.34. The molecule has 4 heteroatoms. The maximum Gasteiger partial charge on any atom is 0.224 e. The van der Waals surface area contributed by atoms with E-state index in [4.69, 9.17) is 11.6 Å². The molecule has 0 unspecified atom stereocenters. The average molecular weight is 226 g/mol. The molecule has 15 heavy (non-hydrogen) atoms. The molecule has 1 amide bonds. The van der Waals surface area contributed by atoms with Crippen molar-refractivity contribution in [2.24, 2.45) is 0 Å². The Bertz CT molecular complexity index is 351. The van der Waals surface area contributed by atoms with Crippen LogP contribution in [0.5, 0.6) is 0 Å². The van der Waals surface area contributed by atoms with Crippen LogP contribution in [-0.4, -0.2) is 24.1 Å². The van der Waals surface area contributed by atoms with Crippen LogP contribution in [0.4, 0.5) is 5.69 Å². The minimum atomic E-state index is -0.171. The predicted molar refractivity (Wildman–Crippen MR) is 60.2 cm³/mol. The van der Waals surface area contributed by atoms with Crippen molar-refractivity contribution < 1.29 is 9.59 Å². The normalized spacial score (nSPS) is 9.73. The number of ketones is 1. The van der Waals surface area contributed by atoms with Crippen LogP contribution in [0.15, 0.2) is 30.3 Å². The van der Waals surface area contributed by atoms with E-state index in [-0.39, 0.29) is 24.1 Å². The number of carbonyl (C=O) groups is 2. The second-order valence-corrected chi connectivity index (χ2v) is 3.38. The topological polar surface area (TPSA) is 37.4 Å². The summed E-state index contributed by atoms with van der Waals surface area (Å²) in [6.45, 7) is 1.46. The molecule has 0 aliphatic carbocycles. The van der Waals surface area contributed by atoms with Crippen molar-refractivity contribution in [1.29, 1.82) is 0 Å². The van der Waals surface area contributed by atoms with Crippen molar-refractivity contribution in [3.8, 4) is 0 Å². The molecule has 0 spiro atoms. The lowest BCUT2D eigenvalue weighted by atomic mass is 10.2. The predicted octanol–water partition coefficient (Wildman–Crippen LogP) is 1.85. The van der Waals surface area contributed by atoms with E-state index in [0.29, 0.717) is 5.69 Å². The minimum absolute atomic E-state index is 0.0306. The molecule has 0 N–H and O–H groups in total. The van der Waals surface area contributed by atoms with Crippen LogP contribution in [0, 0.1) is 0 Å². The van der Waals surface area contributed by atoms with Crippen LogP contribution < -0.4 is 4.90 Å². The van der Waals surface area contributed by atoms with E-state index in [2.05, 4.69) is 0 Å². The molecule has 0 fully saturated rings. The molecule has 0 aliphatic rings. The molecule has 0 aliphatic heterocycles. The van der Waals surface area contributed by atoms with E-state index in [0.717, 1.165) is 0 Å². The smallest absolute Gasteiger partial charge is 0.224 e. The first kappa shape index (κ1) is 11.7. The SMILES string of the molecule is CC(=O)N(CC(=O)CCl)c1ccccc1. The molecular formula is C11H12ClNO2. The lowest BCUT2D eigenvalue weighted by molar-refractivity contribution is -0.120. The van der Waals surface area contributed by atoms with Crippen LogP contribution in [0.2, 0.25) is 0 Å². The molecule has 80 valence electrons. The Balaban J connectivity index is 2.84. The first-order valence-electron chi connectivity index (χ1n) is 4.56. The lowest BCUT2D eigenvalue weighted by Gasteiger charge is -2.19. The number of anilines is 1. The maximum atomic E-state index is 11.3. The fourth-order valence-electron chi connectivity index (χ4n) is 1.21. The van der Waals surface area contributed by atoms with Gasteiger partial charge in [-0.25, -0.2) is 0 Å². The number of alkyl halides is 1. The van der Waals surface area contributed by atoms with E-state index in [9.17, 15) is 9.59 Å². The Labute approximate surface area is 93.6 Å². The van der Waals surface area contributed by atoms with Crippen LogP contribution in [0.3, 0.4) is 0 Å². The fraction of sp³-hybridized carbons (Fsp3) is 0.273. The summed E-state index contributed by atoms with van der Waals surface area (Å²) in [6.07, 6.45) is 0. The molecule has 0 bridgehead atoms. The molecule has 1 rings (SSSR count). The van der Waals surface area contributed by atoms with Crippen molar-refractivity contribution in [3.05, 3.63) is 30.3 Å². The summed E-state index contributed by atoms with van der Waals surface area (Å²) in [5.74, 6) is -0.410. The standard InChI is InChI=1S/C11H12ClNO2/c1-9(14)13(8-11(15)7-12)10-5-3-2-4-6-10/h2-6H,7-8H2,1H3. The first-order valence-corrected chi connectivity index (χ1v) is 5.09. The average Bonchev–Trinajstić information content (AvgIpc) is 2.26. The molecule has 0 heterocycles. The zero-order valence-electron chi connectivity index (χ0n) is 8.44. The van der Waals surface area contributed by atoms with Crippen molar-refractivity contribution in [3.63, 3.8) is 0 Å². The molecule has 3 nitrogen and oxygen atoms in total. The molecule has 0 saturated carbocycles. The van der Waals surface area contributed by atoms with Crippen LogP contribution in [-0.2, 0) is 9.59 Å². The second kappa shape index (κ2) is 5.51. The van der Waals surface area contributed by atoms with Gasteiger partial charge in [0, 0.05) is 12.6 Å². The van der Waals surface area contributed by atoms with Gasteiger partial charge >= 0.3 is 0 Å². The van der Waals surface area contributed by atoms with Gasteiger partial charge in [-0.1, -0.05) is 18.2 Å². The fourth-order valence-corrected chi connectivity index (χ4v) is 1.30. The van der Waals surface area contributed by atoms with E-state index >= 15 is 0 Å². The monoisotopic (exact) mass is 225 g/mol. The van der Waals surface area contributed by atoms with Crippen molar-refractivity contribution in [2.45, 2.75) is 6.92 Å². The third kappa shape index (κ3) is 3.36. The number of hydrogen-bond donors (Lipinski definition) is 0. The highest BCUT2D eigenvalue weighted by Crippen LogP contribution is 2.13. The summed E-state index contributed by atoms with van der Waals surface area (Å²) < 4.78 is 0. The number of hydrogen-bond acceptors (Lipinski definition) is 2. The molecular weight excluding hydrogens is 214 g/mol. The molecule has 0 atom stereocenters. The van der Waals surface area contributed by atoms with Crippen molar-refractivity contribution >= 4 is 29.0 Å². The summed E-state index contributed by atoms with van der Waals surface area (Å²) in [4.78, 5) is 23.9. The first-order chi connectivity index (χ1) is 7.15. The van der Waals surface area contributed by atoms with Gasteiger partial charge in [0.15, 0.2) is 5.78 Å². The Morgan fingerprint density at radius 1 is 1.27 bits per heavy atom. The number of para-hydroxylation sites is 1. The number of benzene rings is 1. The van der Waals surface area contributed by atoms with Gasteiger partial charge in [-0.05, 0) is 12.1 Å². The van der Waals surface area contributed by atoms with Gasteiger partial charge in [0.1, 0.15) is 0 Å². The van der Waals surface area contributed by atoms with Gasteiger partial charge in [-0.2, -0.15) is 0 Å². The summed E-state index contributed by atoms with van der Waals surface area (Å²) in [5, 5.41) is 0. The molecule has 0 saturated heterocycles. The van der Waals surface area contributed by atoms with Crippen LogP contribution in [0.25, 0.3) is 0 Å². The number of amides is 1. The largest absolute Gasteiger partial charge is 0.305 e. The van der Waals surface area contributed by atoms with Crippen LogP contribution >= 0.6 is 11.6 Å². The Kier molecular flexibility index (Phi) is 4.31. The zero-order valence-corrected chi connectivity index (χ0v) is 9.20. The highest BCUT2D eigenvalue weighted by Gasteiger charge is 2.14. The number of halogens is 1. The van der Waals surface area contributed by atoms with Gasteiger partial charge in [-0.3, -0.25) is 9.59 Å².